The second-order valence-corrected chi connectivity index (χ2v) is 3.95. The number of nitro groups is 1. The van der Waals surface area contributed by atoms with Crippen LogP contribution in [0.1, 0.15) is 26.7 Å². The Balaban J connectivity index is 2.59. The molecule has 0 amide bonds. The van der Waals surface area contributed by atoms with Crippen LogP contribution >= 0.6 is 0 Å². The number of esters is 1. The lowest BCUT2D eigenvalue weighted by Crippen LogP contribution is -2.06. The summed E-state index contributed by atoms with van der Waals surface area (Å²) in [4.78, 5) is 26.4. The Morgan fingerprint density at radius 3 is 2.70 bits per heavy atom. The molecule has 0 bridgehead atoms. The number of benzene rings is 1. The van der Waals surface area contributed by atoms with E-state index < -0.39 is 4.92 Å². The first-order valence-corrected chi connectivity index (χ1v) is 6.14. The summed E-state index contributed by atoms with van der Waals surface area (Å²) in [5.41, 5.74) is 0.394. The molecule has 0 fully saturated rings. The van der Waals surface area contributed by atoms with Crippen molar-refractivity contribution in [1.29, 1.82) is 0 Å². The van der Waals surface area contributed by atoms with Crippen molar-refractivity contribution < 1.29 is 19.3 Å². The van der Waals surface area contributed by atoms with Crippen molar-refractivity contribution in [2.24, 2.45) is 5.16 Å². The summed E-state index contributed by atoms with van der Waals surface area (Å²) in [6.07, 6.45) is 0.572. The number of oxime groups is 1. The fraction of sp³-hybridized carbons (Fsp3) is 0.385. The van der Waals surface area contributed by atoms with E-state index in [0.29, 0.717) is 18.7 Å². The number of carbonyl (C=O) groups is 1. The monoisotopic (exact) mass is 280 g/mol. The zero-order valence-corrected chi connectivity index (χ0v) is 11.4. The average molecular weight is 280 g/mol. The van der Waals surface area contributed by atoms with Crippen LogP contribution in [0.5, 0.6) is 5.75 Å². The third-order valence-electron chi connectivity index (χ3n) is 2.36. The van der Waals surface area contributed by atoms with Crippen LogP contribution in [0, 0.1) is 10.1 Å². The highest BCUT2D eigenvalue weighted by atomic mass is 16.7. The van der Waals surface area contributed by atoms with Gasteiger partial charge >= 0.3 is 11.7 Å². The predicted octanol–water partition coefficient (Wildman–Crippen LogP) is 2.69. The van der Waals surface area contributed by atoms with E-state index in [9.17, 15) is 14.9 Å². The average Bonchev–Trinajstić information content (AvgIpc) is 2.43. The van der Waals surface area contributed by atoms with Crippen LogP contribution in [0.15, 0.2) is 29.4 Å². The molecule has 0 N–H and O–H groups in total. The summed E-state index contributed by atoms with van der Waals surface area (Å²) in [7, 11) is 0. The number of carbonyl (C=O) groups excluding carboxylic acids is 1. The molecule has 7 heteroatoms. The van der Waals surface area contributed by atoms with Crippen LogP contribution in [0.3, 0.4) is 0 Å². The number of hydrogen-bond acceptors (Lipinski definition) is 6. The summed E-state index contributed by atoms with van der Waals surface area (Å²) in [6.45, 7) is 3.74. The van der Waals surface area contributed by atoms with Gasteiger partial charge in [-0.15, -0.1) is 0 Å². The molecule has 0 heterocycles. The second kappa shape index (κ2) is 7.88. The molecule has 108 valence electrons. The smallest absolute Gasteiger partial charge is 0.314 e. The van der Waals surface area contributed by atoms with Gasteiger partial charge in [0, 0.05) is 6.07 Å². The first kappa shape index (κ1) is 15.6. The Bertz CT molecular complexity index is 513. The highest BCUT2D eigenvalue weighted by Crippen LogP contribution is 2.25. The summed E-state index contributed by atoms with van der Waals surface area (Å²) in [5.74, 6) is -0.249. The fourth-order valence-corrected chi connectivity index (χ4v) is 1.37. The number of rotatable bonds is 7. The lowest BCUT2D eigenvalue weighted by molar-refractivity contribution is -0.385. The highest BCUT2D eigenvalue weighted by molar-refractivity contribution is 5.85. The van der Waals surface area contributed by atoms with E-state index in [4.69, 9.17) is 9.57 Å². The molecule has 0 saturated carbocycles. The Morgan fingerprint density at radius 2 is 2.05 bits per heavy atom. The number of nitrogens with zero attached hydrogens (tertiary/aromatic N) is 2. The van der Waals surface area contributed by atoms with Crippen molar-refractivity contribution in [2.45, 2.75) is 26.7 Å². The van der Waals surface area contributed by atoms with Gasteiger partial charge in [-0.2, -0.15) is 0 Å². The minimum absolute atomic E-state index is 0.0629. The van der Waals surface area contributed by atoms with Crippen LogP contribution in [-0.4, -0.2) is 23.2 Å². The van der Waals surface area contributed by atoms with Crippen molar-refractivity contribution in [2.75, 3.05) is 6.61 Å². The minimum atomic E-state index is -0.543. The number of para-hydroxylation sites is 2. The second-order valence-electron chi connectivity index (χ2n) is 3.95. The largest absolute Gasteiger partial charge is 0.466 e. The van der Waals surface area contributed by atoms with Gasteiger partial charge in [-0.05, 0) is 26.3 Å². The molecule has 0 atom stereocenters. The van der Waals surface area contributed by atoms with Crippen molar-refractivity contribution in [3.63, 3.8) is 0 Å². The maximum atomic E-state index is 11.2. The Morgan fingerprint density at radius 1 is 1.35 bits per heavy atom. The maximum absolute atomic E-state index is 11.2. The van der Waals surface area contributed by atoms with E-state index in [2.05, 4.69) is 5.16 Å². The molecule has 0 unspecified atom stereocenters. The molecule has 1 rings (SSSR count). The highest BCUT2D eigenvalue weighted by Gasteiger charge is 2.14. The van der Waals surface area contributed by atoms with E-state index >= 15 is 0 Å². The first-order chi connectivity index (χ1) is 9.54. The Hall–Kier alpha value is -2.44. The number of hydrogen-bond donors (Lipinski definition) is 0. The normalized spacial score (nSPS) is 11.0. The molecule has 0 spiro atoms. The third-order valence-corrected chi connectivity index (χ3v) is 2.36. The van der Waals surface area contributed by atoms with Gasteiger partial charge in [0.05, 0.1) is 23.7 Å². The minimum Gasteiger partial charge on any atom is -0.466 e. The molecule has 0 radical (unpaired) electrons. The Labute approximate surface area is 116 Å². The van der Waals surface area contributed by atoms with Crippen LogP contribution in [0.25, 0.3) is 0 Å². The number of ether oxygens (including phenoxy) is 1. The predicted molar refractivity (Wildman–Crippen MR) is 72.7 cm³/mol. The Kier molecular flexibility index (Phi) is 6.15. The van der Waals surface area contributed by atoms with Gasteiger partial charge in [0.15, 0.2) is 0 Å². The van der Waals surface area contributed by atoms with Gasteiger partial charge in [-0.3, -0.25) is 14.9 Å². The van der Waals surface area contributed by atoms with Crippen molar-refractivity contribution in [3.8, 4) is 5.75 Å². The molecule has 0 aliphatic rings. The van der Waals surface area contributed by atoms with Crippen LogP contribution < -0.4 is 4.84 Å². The molecule has 1 aromatic rings. The zero-order valence-electron chi connectivity index (χ0n) is 11.4. The van der Waals surface area contributed by atoms with Crippen molar-refractivity contribution in [1.82, 2.24) is 0 Å². The van der Waals surface area contributed by atoms with E-state index in [-0.39, 0.29) is 23.8 Å². The first-order valence-electron chi connectivity index (χ1n) is 6.14. The van der Waals surface area contributed by atoms with Gasteiger partial charge in [0.2, 0.25) is 5.75 Å². The molecule has 0 saturated heterocycles. The molecule has 0 aromatic heterocycles. The van der Waals surface area contributed by atoms with Gasteiger partial charge in [0.1, 0.15) is 0 Å². The fourth-order valence-electron chi connectivity index (χ4n) is 1.37. The molecular formula is C13H16N2O5. The van der Waals surface area contributed by atoms with E-state index in [1.54, 1.807) is 26.0 Å². The zero-order chi connectivity index (χ0) is 15.0. The lowest BCUT2D eigenvalue weighted by Gasteiger charge is -2.03. The molecule has 0 aliphatic heterocycles. The summed E-state index contributed by atoms with van der Waals surface area (Å²) in [6, 6.07) is 5.95. The van der Waals surface area contributed by atoms with E-state index in [1.165, 1.54) is 12.1 Å². The summed E-state index contributed by atoms with van der Waals surface area (Å²) >= 11 is 0. The molecule has 0 aliphatic carbocycles. The maximum Gasteiger partial charge on any atom is 0.314 e. The third kappa shape index (κ3) is 5.05. The van der Waals surface area contributed by atoms with Gasteiger partial charge < -0.3 is 9.57 Å². The van der Waals surface area contributed by atoms with Crippen molar-refractivity contribution >= 4 is 17.4 Å². The van der Waals surface area contributed by atoms with Crippen LogP contribution in [-0.2, 0) is 9.53 Å². The van der Waals surface area contributed by atoms with Gasteiger partial charge in [-0.1, -0.05) is 17.3 Å². The standard InChI is InChI=1S/C13H16N2O5/c1-3-19-13(16)9-8-10(2)14-20-12-7-5-4-6-11(12)15(17)18/h4-7H,3,8-9H2,1-2H3. The molecule has 20 heavy (non-hydrogen) atoms. The van der Waals surface area contributed by atoms with E-state index in [0.717, 1.165) is 0 Å². The topological polar surface area (TPSA) is 91.0 Å². The number of nitro benzene ring substituents is 1. The van der Waals surface area contributed by atoms with Crippen LogP contribution in [0.4, 0.5) is 5.69 Å². The molecule has 1 aromatic carbocycles. The molecule has 7 nitrogen and oxygen atoms in total. The van der Waals surface area contributed by atoms with E-state index in [1.807, 2.05) is 0 Å². The van der Waals surface area contributed by atoms with Gasteiger partial charge in [0.25, 0.3) is 0 Å². The quantitative estimate of drug-likeness (QED) is 0.331. The summed E-state index contributed by atoms with van der Waals surface area (Å²) in [5, 5.41) is 14.5. The van der Waals surface area contributed by atoms with Gasteiger partial charge in [-0.25, -0.2) is 0 Å². The SMILES string of the molecule is CCOC(=O)CCC(C)=NOc1ccccc1[N+](=O)[O-]. The summed E-state index contributed by atoms with van der Waals surface area (Å²) < 4.78 is 4.78. The lowest BCUT2D eigenvalue weighted by atomic mass is 10.2. The van der Waals surface area contributed by atoms with Crippen LogP contribution in [0.2, 0.25) is 0 Å². The molecular weight excluding hydrogens is 264 g/mol. The van der Waals surface area contributed by atoms with Crippen molar-refractivity contribution in [3.05, 3.63) is 34.4 Å².